The number of aromatic nitrogens is 1. The van der Waals surface area contributed by atoms with Gasteiger partial charge in [0.05, 0.1) is 21.9 Å². The van der Waals surface area contributed by atoms with Crippen molar-refractivity contribution in [3.05, 3.63) is 52.1 Å². The second-order valence-electron chi connectivity index (χ2n) is 9.53. The van der Waals surface area contributed by atoms with E-state index in [0.29, 0.717) is 60.6 Å². The van der Waals surface area contributed by atoms with Gasteiger partial charge in [-0.15, -0.1) is 0 Å². The summed E-state index contributed by atoms with van der Waals surface area (Å²) in [5.41, 5.74) is 7.34. The molecule has 2 aliphatic heterocycles. The molecule has 1 aromatic heterocycles. The van der Waals surface area contributed by atoms with Gasteiger partial charge in [0, 0.05) is 57.1 Å². The second kappa shape index (κ2) is 11.7. The van der Waals surface area contributed by atoms with E-state index in [1.165, 1.54) is 7.11 Å². The molecule has 2 aromatic rings. The van der Waals surface area contributed by atoms with E-state index in [2.05, 4.69) is 4.98 Å². The van der Waals surface area contributed by atoms with Gasteiger partial charge in [-0.3, -0.25) is 9.59 Å². The van der Waals surface area contributed by atoms with E-state index >= 15 is 0 Å². The number of pyridine rings is 1. The number of amides is 2. The van der Waals surface area contributed by atoms with Gasteiger partial charge in [0.25, 0.3) is 0 Å². The van der Waals surface area contributed by atoms with Crippen molar-refractivity contribution >= 4 is 40.7 Å². The van der Waals surface area contributed by atoms with E-state index in [9.17, 15) is 9.59 Å². The van der Waals surface area contributed by atoms with E-state index in [4.69, 9.17) is 38.4 Å². The number of hydrogen-bond acceptors (Lipinski definition) is 6. The summed E-state index contributed by atoms with van der Waals surface area (Å²) in [6.45, 7) is 4.32. The molecule has 36 heavy (non-hydrogen) atoms. The quantitative estimate of drug-likeness (QED) is 0.578. The Kier molecular flexibility index (Phi) is 8.59. The Morgan fingerprint density at radius 2 is 1.86 bits per heavy atom. The van der Waals surface area contributed by atoms with Crippen LogP contribution < -0.4 is 10.5 Å². The lowest BCUT2D eigenvalue weighted by Crippen LogP contribution is -2.45. The number of benzene rings is 1. The van der Waals surface area contributed by atoms with Crippen molar-refractivity contribution in [3.8, 4) is 5.88 Å². The molecule has 3 heterocycles. The van der Waals surface area contributed by atoms with Gasteiger partial charge in [0.15, 0.2) is 0 Å². The SMILES string of the molecule is COCC(=O)N1CCC(C(=O)N2C[C@H]([C@H](C)Oc3ccc(N)cn3)[C@@H](c3ccc(Cl)c(Cl)c3)C2)CC1. The summed E-state index contributed by atoms with van der Waals surface area (Å²) < 4.78 is 11.1. The van der Waals surface area contributed by atoms with Crippen molar-refractivity contribution in [3.63, 3.8) is 0 Å². The Labute approximate surface area is 221 Å². The summed E-state index contributed by atoms with van der Waals surface area (Å²) in [6, 6.07) is 9.13. The first-order valence-electron chi connectivity index (χ1n) is 12.2. The van der Waals surface area contributed by atoms with Gasteiger partial charge < -0.3 is 25.0 Å². The van der Waals surface area contributed by atoms with E-state index in [-0.39, 0.29) is 42.3 Å². The number of likely N-dealkylation sites (tertiary alicyclic amines) is 2. The van der Waals surface area contributed by atoms with Gasteiger partial charge >= 0.3 is 0 Å². The van der Waals surface area contributed by atoms with Crippen LogP contribution in [0.5, 0.6) is 5.88 Å². The Morgan fingerprint density at radius 1 is 1.11 bits per heavy atom. The fourth-order valence-electron chi connectivity index (χ4n) is 5.17. The van der Waals surface area contributed by atoms with Crippen molar-refractivity contribution in [2.24, 2.45) is 11.8 Å². The van der Waals surface area contributed by atoms with Gasteiger partial charge in [0.1, 0.15) is 12.7 Å². The molecule has 2 aliphatic rings. The van der Waals surface area contributed by atoms with Gasteiger partial charge in [0.2, 0.25) is 17.7 Å². The maximum absolute atomic E-state index is 13.5. The predicted molar refractivity (Wildman–Crippen MR) is 139 cm³/mol. The highest BCUT2D eigenvalue weighted by molar-refractivity contribution is 6.42. The molecule has 2 N–H and O–H groups in total. The summed E-state index contributed by atoms with van der Waals surface area (Å²) in [7, 11) is 1.51. The standard InChI is InChI=1S/C26H32Cl2N4O4/c1-16(36-24-6-4-19(29)12-30-24)20-13-32(14-21(20)18-3-5-22(27)23(28)11-18)26(34)17-7-9-31(10-8-17)25(33)15-35-2/h3-6,11-12,16-17,20-21H,7-10,13-15,29H2,1-2H3/t16-,20+,21+/m0/s1. The summed E-state index contributed by atoms with van der Waals surface area (Å²) in [5, 5.41) is 0.979. The van der Waals surface area contributed by atoms with Crippen LogP contribution in [-0.2, 0) is 14.3 Å². The molecule has 0 bridgehead atoms. The van der Waals surface area contributed by atoms with Gasteiger partial charge in [-0.2, -0.15) is 0 Å². The first-order chi connectivity index (χ1) is 17.3. The maximum atomic E-state index is 13.5. The molecule has 1 aromatic carbocycles. The molecule has 0 aliphatic carbocycles. The molecule has 2 saturated heterocycles. The molecule has 194 valence electrons. The van der Waals surface area contributed by atoms with E-state index in [1.54, 1.807) is 29.3 Å². The zero-order valence-corrected chi connectivity index (χ0v) is 22.0. The molecule has 10 heteroatoms. The van der Waals surface area contributed by atoms with Crippen LogP contribution in [0.1, 0.15) is 31.2 Å². The summed E-state index contributed by atoms with van der Waals surface area (Å²) in [4.78, 5) is 33.7. The third kappa shape index (κ3) is 6.05. The van der Waals surface area contributed by atoms with Crippen LogP contribution in [0.2, 0.25) is 10.0 Å². The average Bonchev–Trinajstić information content (AvgIpc) is 3.32. The lowest BCUT2D eigenvalue weighted by Gasteiger charge is -2.33. The number of piperidine rings is 1. The van der Waals surface area contributed by atoms with Crippen molar-refractivity contribution < 1.29 is 19.1 Å². The number of halogens is 2. The van der Waals surface area contributed by atoms with Gasteiger partial charge in [-0.05, 0) is 43.5 Å². The van der Waals surface area contributed by atoms with Crippen LogP contribution in [0.4, 0.5) is 5.69 Å². The molecule has 0 spiro atoms. The third-order valence-corrected chi connectivity index (χ3v) is 7.92. The van der Waals surface area contributed by atoms with Crippen LogP contribution in [0.3, 0.4) is 0 Å². The number of nitrogen functional groups attached to an aromatic ring is 1. The molecular formula is C26H32Cl2N4O4. The lowest BCUT2D eigenvalue weighted by atomic mass is 9.86. The number of carbonyl (C=O) groups excluding carboxylic acids is 2. The van der Waals surface area contributed by atoms with E-state index < -0.39 is 0 Å². The molecule has 2 fully saturated rings. The van der Waals surface area contributed by atoms with Gasteiger partial charge in [-0.25, -0.2) is 4.98 Å². The summed E-state index contributed by atoms with van der Waals surface area (Å²) in [6.07, 6.45) is 2.64. The minimum atomic E-state index is -0.216. The largest absolute Gasteiger partial charge is 0.474 e. The number of rotatable bonds is 7. The summed E-state index contributed by atoms with van der Waals surface area (Å²) in [5.74, 6) is 0.512. The Balaban J connectivity index is 1.48. The molecule has 3 atom stereocenters. The summed E-state index contributed by atoms with van der Waals surface area (Å²) >= 11 is 12.5. The zero-order chi connectivity index (χ0) is 25.8. The normalized spacial score (nSPS) is 21.4. The second-order valence-corrected chi connectivity index (χ2v) is 10.3. The number of carbonyl (C=O) groups is 2. The van der Waals surface area contributed by atoms with Crippen LogP contribution in [0.25, 0.3) is 0 Å². The molecule has 8 nitrogen and oxygen atoms in total. The highest BCUT2D eigenvalue weighted by Crippen LogP contribution is 2.39. The highest BCUT2D eigenvalue weighted by atomic mass is 35.5. The number of methoxy groups -OCH3 is 1. The minimum absolute atomic E-state index is 0.0221. The number of hydrogen-bond donors (Lipinski definition) is 1. The molecule has 0 unspecified atom stereocenters. The smallest absolute Gasteiger partial charge is 0.248 e. The number of ether oxygens (including phenoxy) is 2. The van der Waals surface area contributed by atoms with Crippen LogP contribution in [0.15, 0.2) is 36.5 Å². The Hall–Kier alpha value is -2.55. The number of nitrogens with two attached hydrogens (primary N) is 1. The molecule has 2 amide bonds. The number of nitrogens with zero attached hydrogens (tertiary/aromatic N) is 3. The van der Waals surface area contributed by atoms with Crippen LogP contribution in [0, 0.1) is 11.8 Å². The lowest BCUT2D eigenvalue weighted by molar-refractivity contribution is -0.142. The van der Waals surface area contributed by atoms with Crippen molar-refractivity contribution in [1.82, 2.24) is 14.8 Å². The fourth-order valence-corrected chi connectivity index (χ4v) is 5.47. The van der Waals surface area contributed by atoms with Crippen molar-refractivity contribution in [1.29, 1.82) is 0 Å². The Bertz CT molecular complexity index is 1080. The molecule has 4 rings (SSSR count). The number of anilines is 1. The highest BCUT2D eigenvalue weighted by Gasteiger charge is 2.42. The monoisotopic (exact) mass is 534 g/mol. The molecule has 0 saturated carbocycles. The van der Waals surface area contributed by atoms with Gasteiger partial charge in [-0.1, -0.05) is 29.3 Å². The van der Waals surface area contributed by atoms with Crippen molar-refractivity contribution in [2.75, 3.05) is 45.6 Å². The average molecular weight is 535 g/mol. The van der Waals surface area contributed by atoms with E-state index in [1.807, 2.05) is 24.0 Å². The van der Waals surface area contributed by atoms with E-state index in [0.717, 1.165) is 5.56 Å². The predicted octanol–water partition coefficient (Wildman–Crippen LogP) is 3.87. The molecular weight excluding hydrogens is 503 g/mol. The minimum Gasteiger partial charge on any atom is -0.474 e. The van der Waals surface area contributed by atoms with Crippen LogP contribution in [-0.4, -0.2) is 72.6 Å². The zero-order valence-electron chi connectivity index (χ0n) is 20.5. The Morgan fingerprint density at radius 3 is 2.50 bits per heavy atom. The third-order valence-electron chi connectivity index (χ3n) is 7.18. The first kappa shape index (κ1) is 26.5. The van der Waals surface area contributed by atoms with Crippen LogP contribution >= 0.6 is 23.2 Å². The first-order valence-corrected chi connectivity index (χ1v) is 12.9. The topological polar surface area (TPSA) is 98.0 Å². The maximum Gasteiger partial charge on any atom is 0.248 e. The van der Waals surface area contributed by atoms with Crippen molar-refractivity contribution in [2.45, 2.75) is 31.8 Å². The molecule has 0 radical (unpaired) electrons. The fraction of sp³-hybridized carbons (Fsp3) is 0.500.